The van der Waals surface area contributed by atoms with Crippen molar-refractivity contribution >= 4 is 22.6 Å². The topological polar surface area (TPSA) is 29.3 Å². The fourth-order valence-electron chi connectivity index (χ4n) is 1.56. The molecule has 1 aliphatic rings. The van der Waals surface area contributed by atoms with Crippen LogP contribution in [0.1, 0.15) is 12.8 Å². The summed E-state index contributed by atoms with van der Waals surface area (Å²) in [6.07, 6.45) is 2.63. The van der Waals surface area contributed by atoms with E-state index in [2.05, 4.69) is 34.5 Å². The molecule has 2 N–H and O–H groups in total. The molecule has 0 aromatic carbocycles. The Bertz CT molecular complexity index is 95.8. The van der Waals surface area contributed by atoms with Crippen molar-refractivity contribution in [2.45, 2.75) is 24.9 Å². The fourth-order valence-corrected chi connectivity index (χ4v) is 2.62. The molecular weight excluding hydrogens is 239 g/mol. The van der Waals surface area contributed by atoms with E-state index in [9.17, 15) is 0 Å². The lowest BCUT2D eigenvalue weighted by molar-refractivity contribution is 0.263. The normalized spacial score (nSPS) is 35.1. The van der Waals surface area contributed by atoms with E-state index in [1.54, 1.807) is 0 Å². The second-order valence-corrected chi connectivity index (χ2v) is 3.82. The van der Waals surface area contributed by atoms with E-state index in [0.29, 0.717) is 6.04 Å². The van der Waals surface area contributed by atoms with Crippen molar-refractivity contribution in [3.63, 3.8) is 0 Å². The zero-order valence-electron chi connectivity index (χ0n) is 6.39. The van der Waals surface area contributed by atoms with E-state index in [1.807, 2.05) is 0 Å². The maximum absolute atomic E-state index is 5.60. The van der Waals surface area contributed by atoms with Crippen molar-refractivity contribution in [3.05, 3.63) is 0 Å². The average Bonchev–Trinajstić information content (AvgIpc) is 2.30. The highest BCUT2D eigenvalue weighted by Crippen LogP contribution is 2.22. The Balaban J connectivity index is 2.41. The molecule has 3 heteroatoms. The molecule has 60 valence electrons. The molecule has 0 spiro atoms. The molecule has 0 radical (unpaired) electrons. The van der Waals surface area contributed by atoms with Crippen molar-refractivity contribution < 1.29 is 0 Å². The minimum atomic E-state index is 0.653. The van der Waals surface area contributed by atoms with E-state index >= 15 is 0 Å². The minimum Gasteiger partial charge on any atom is -0.329 e. The van der Waals surface area contributed by atoms with Crippen LogP contribution in [-0.4, -0.2) is 35.0 Å². The standard InChI is InChI=1S/C7H15IN2/c1-10-6(4-8)2-3-7(10)5-9/h6-7H,2-5,9H2,1H3. The van der Waals surface area contributed by atoms with Gasteiger partial charge in [-0.3, -0.25) is 4.90 Å². The Morgan fingerprint density at radius 3 is 2.40 bits per heavy atom. The zero-order chi connectivity index (χ0) is 7.56. The first-order chi connectivity index (χ1) is 4.79. The van der Waals surface area contributed by atoms with Crippen LogP contribution in [0.4, 0.5) is 0 Å². The zero-order valence-corrected chi connectivity index (χ0v) is 8.54. The molecule has 0 aliphatic carbocycles. The van der Waals surface area contributed by atoms with Crippen molar-refractivity contribution in [3.8, 4) is 0 Å². The van der Waals surface area contributed by atoms with Crippen LogP contribution in [0.25, 0.3) is 0 Å². The fraction of sp³-hybridized carbons (Fsp3) is 1.00. The highest BCUT2D eigenvalue weighted by molar-refractivity contribution is 14.1. The summed E-state index contributed by atoms with van der Waals surface area (Å²) in [5.41, 5.74) is 5.60. The summed E-state index contributed by atoms with van der Waals surface area (Å²) in [6, 6.07) is 1.44. The van der Waals surface area contributed by atoms with Gasteiger partial charge in [0.15, 0.2) is 0 Å². The maximum atomic E-state index is 5.60. The molecule has 0 aromatic rings. The molecule has 0 bridgehead atoms. The number of likely N-dealkylation sites (tertiary alicyclic amines) is 1. The highest BCUT2D eigenvalue weighted by Gasteiger charge is 2.27. The van der Waals surface area contributed by atoms with Crippen LogP contribution in [0.3, 0.4) is 0 Å². The number of halogens is 1. The molecule has 10 heavy (non-hydrogen) atoms. The summed E-state index contributed by atoms with van der Waals surface area (Å²) >= 11 is 2.45. The molecule has 1 fully saturated rings. The third kappa shape index (κ3) is 1.62. The van der Waals surface area contributed by atoms with Gasteiger partial charge < -0.3 is 5.73 Å². The van der Waals surface area contributed by atoms with Gasteiger partial charge in [0, 0.05) is 23.1 Å². The summed E-state index contributed by atoms with van der Waals surface area (Å²) < 4.78 is 1.24. The molecule has 1 rings (SSSR count). The smallest absolute Gasteiger partial charge is 0.0219 e. The molecule has 1 heterocycles. The van der Waals surface area contributed by atoms with Crippen LogP contribution < -0.4 is 5.73 Å². The van der Waals surface area contributed by atoms with Crippen LogP contribution in [0, 0.1) is 0 Å². The van der Waals surface area contributed by atoms with Crippen LogP contribution in [0.15, 0.2) is 0 Å². The van der Waals surface area contributed by atoms with Gasteiger partial charge >= 0.3 is 0 Å². The number of nitrogens with zero attached hydrogens (tertiary/aromatic N) is 1. The predicted molar refractivity (Wildman–Crippen MR) is 52.5 cm³/mol. The lowest BCUT2D eigenvalue weighted by Crippen LogP contribution is -2.37. The molecule has 0 aromatic heterocycles. The number of likely N-dealkylation sites (N-methyl/N-ethyl adjacent to an activating group) is 1. The number of nitrogens with two attached hydrogens (primary N) is 1. The molecule has 1 aliphatic heterocycles. The first-order valence-corrected chi connectivity index (χ1v) is 5.30. The minimum absolute atomic E-state index is 0.653. The Kier molecular flexibility index (Phi) is 3.39. The monoisotopic (exact) mass is 254 g/mol. The first kappa shape index (κ1) is 8.74. The van der Waals surface area contributed by atoms with Crippen molar-refractivity contribution in [1.29, 1.82) is 0 Å². The lowest BCUT2D eigenvalue weighted by atomic mass is 10.2. The SMILES string of the molecule is CN1C(CN)CCC1CI. The van der Waals surface area contributed by atoms with E-state index in [-0.39, 0.29) is 0 Å². The molecule has 2 atom stereocenters. The van der Waals surface area contributed by atoms with E-state index in [1.165, 1.54) is 17.3 Å². The van der Waals surface area contributed by atoms with Gasteiger partial charge in [0.2, 0.25) is 0 Å². The van der Waals surface area contributed by atoms with Gasteiger partial charge in [-0.2, -0.15) is 0 Å². The third-order valence-corrected chi connectivity index (χ3v) is 3.45. The Morgan fingerprint density at radius 1 is 1.50 bits per heavy atom. The first-order valence-electron chi connectivity index (χ1n) is 3.77. The van der Waals surface area contributed by atoms with E-state index < -0.39 is 0 Å². The molecule has 2 nitrogen and oxygen atoms in total. The summed E-state index contributed by atoms with van der Waals surface area (Å²) in [5, 5.41) is 0. The largest absolute Gasteiger partial charge is 0.329 e. The number of hydrogen-bond acceptors (Lipinski definition) is 2. The average molecular weight is 254 g/mol. The molecule has 0 amide bonds. The second kappa shape index (κ2) is 3.88. The van der Waals surface area contributed by atoms with Gasteiger partial charge in [-0.05, 0) is 19.9 Å². The Labute approximate surface area is 76.3 Å². The number of alkyl halides is 1. The quantitative estimate of drug-likeness (QED) is 0.584. The lowest BCUT2D eigenvalue weighted by Gasteiger charge is -2.22. The van der Waals surface area contributed by atoms with Gasteiger partial charge in [-0.15, -0.1) is 0 Å². The van der Waals surface area contributed by atoms with Crippen LogP contribution in [0.5, 0.6) is 0 Å². The maximum Gasteiger partial charge on any atom is 0.0219 e. The van der Waals surface area contributed by atoms with Crippen LogP contribution in [-0.2, 0) is 0 Å². The van der Waals surface area contributed by atoms with Crippen molar-refractivity contribution in [2.24, 2.45) is 5.73 Å². The Hall–Kier alpha value is 0.650. The summed E-state index contributed by atoms with van der Waals surface area (Å²) in [6.45, 7) is 0.823. The van der Waals surface area contributed by atoms with Crippen LogP contribution in [0.2, 0.25) is 0 Å². The highest BCUT2D eigenvalue weighted by atomic mass is 127. The van der Waals surface area contributed by atoms with Crippen molar-refractivity contribution in [1.82, 2.24) is 4.90 Å². The predicted octanol–water partition coefficient (Wildman–Crippen LogP) is 0.843. The van der Waals surface area contributed by atoms with Crippen LogP contribution >= 0.6 is 22.6 Å². The molecule has 2 unspecified atom stereocenters. The van der Waals surface area contributed by atoms with Gasteiger partial charge in [0.1, 0.15) is 0 Å². The molecular formula is C7H15IN2. The van der Waals surface area contributed by atoms with Crippen molar-refractivity contribution in [2.75, 3.05) is 18.0 Å². The van der Waals surface area contributed by atoms with E-state index in [4.69, 9.17) is 5.73 Å². The van der Waals surface area contributed by atoms with Gasteiger partial charge in [-0.25, -0.2) is 0 Å². The second-order valence-electron chi connectivity index (χ2n) is 2.94. The van der Waals surface area contributed by atoms with E-state index in [0.717, 1.165) is 12.6 Å². The van der Waals surface area contributed by atoms with Gasteiger partial charge in [0.25, 0.3) is 0 Å². The number of rotatable bonds is 2. The van der Waals surface area contributed by atoms with Gasteiger partial charge in [0.05, 0.1) is 0 Å². The summed E-state index contributed by atoms with van der Waals surface area (Å²) in [4.78, 5) is 2.42. The van der Waals surface area contributed by atoms with Gasteiger partial charge in [-0.1, -0.05) is 22.6 Å². The molecule has 0 saturated carbocycles. The number of hydrogen-bond donors (Lipinski definition) is 1. The molecule has 1 saturated heterocycles. The Morgan fingerprint density at radius 2 is 2.10 bits per heavy atom. The summed E-state index contributed by atoms with van der Waals surface area (Å²) in [5.74, 6) is 0. The third-order valence-electron chi connectivity index (χ3n) is 2.44. The summed E-state index contributed by atoms with van der Waals surface area (Å²) in [7, 11) is 2.19.